The molecule has 0 aliphatic rings. The van der Waals surface area contributed by atoms with Gasteiger partial charge in [0, 0.05) is 11.1 Å². The molecule has 56 heavy (non-hydrogen) atoms. The molecule has 0 bridgehead atoms. The highest BCUT2D eigenvalue weighted by Gasteiger charge is 2.44. The maximum absolute atomic E-state index is 14.0. The third-order valence-electron chi connectivity index (χ3n) is 10.9. The lowest BCUT2D eigenvalue weighted by atomic mass is 10.0. The van der Waals surface area contributed by atoms with Crippen LogP contribution >= 0.6 is 14.5 Å². The minimum absolute atomic E-state index is 0.0519. The van der Waals surface area contributed by atoms with Crippen LogP contribution in [-0.4, -0.2) is 5.78 Å². The second kappa shape index (κ2) is 17.4. The second-order valence-electron chi connectivity index (χ2n) is 14.6. The van der Waals surface area contributed by atoms with Crippen molar-refractivity contribution in [1.29, 1.82) is 0 Å². The van der Waals surface area contributed by atoms with Gasteiger partial charge in [0.25, 0.3) is 0 Å². The van der Waals surface area contributed by atoms with Crippen LogP contribution in [-0.2, 0) is 24.6 Å². The smallest absolute Gasteiger partial charge is 0.193 e. The van der Waals surface area contributed by atoms with E-state index in [-0.39, 0.29) is 5.78 Å². The van der Waals surface area contributed by atoms with Crippen molar-refractivity contribution in [2.75, 3.05) is 0 Å². The molecule has 0 aliphatic heterocycles. The van der Waals surface area contributed by atoms with Gasteiger partial charge in [-0.2, -0.15) is 0 Å². The number of hydrogen-bond donors (Lipinski definition) is 0. The molecule has 0 spiro atoms. The van der Waals surface area contributed by atoms with E-state index in [2.05, 4.69) is 206 Å². The van der Waals surface area contributed by atoms with E-state index in [1.54, 1.807) is 0 Å². The van der Waals surface area contributed by atoms with E-state index in [9.17, 15) is 4.79 Å². The van der Waals surface area contributed by atoms with Gasteiger partial charge < -0.3 is 0 Å². The molecule has 8 aromatic carbocycles. The van der Waals surface area contributed by atoms with Gasteiger partial charge in [0.05, 0.1) is 60.4 Å². The highest BCUT2D eigenvalue weighted by atomic mass is 31.2. The van der Waals surface area contributed by atoms with E-state index < -0.39 is 14.5 Å². The normalized spacial score (nSPS) is 11.6. The molecule has 272 valence electrons. The summed E-state index contributed by atoms with van der Waals surface area (Å²) in [5.41, 5.74) is 6.61. The van der Waals surface area contributed by atoms with Crippen molar-refractivity contribution < 1.29 is 4.79 Å². The summed E-state index contributed by atoms with van der Waals surface area (Å²) in [7, 11) is -3.83. The summed E-state index contributed by atoms with van der Waals surface area (Å²) in [5, 5.41) is 5.57. The summed E-state index contributed by atoms with van der Waals surface area (Å²) >= 11 is 0. The van der Waals surface area contributed by atoms with E-state index in [1.165, 1.54) is 43.5 Å². The maximum Gasteiger partial charge on any atom is 0.193 e. The Balaban J connectivity index is 1.08. The molecule has 8 aromatic rings. The van der Waals surface area contributed by atoms with Crippen molar-refractivity contribution in [3.8, 4) is 0 Å². The van der Waals surface area contributed by atoms with E-state index >= 15 is 0 Å². The van der Waals surface area contributed by atoms with Crippen molar-refractivity contribution in [3.63, 3.8) is 0 Å². The first-order chi connectivity index (χ1) is 27.6. The summed E-state index contributed by atoms with van der Waals surface area (Å²) < 4.78 is 0. The summed E-state index contributed by atoms with van der Waals surface area (Å²) in [5.74, 6) is 0.0519. The lowest BCUT2D eigenvalue weighted by Crippen LogP contribution is -2.25. The van der Waals surface area contributed by atoms with Gasteiger partial charge in [0.2, 0.25) is 0 Å². The van der Waals surface area contributed by atoms with Gasteiger partial charge in [-0.15, -0.1) is 0 Å². The third-order valence-corrected chi connectivity index (χ3v) is 19.7. The molecule has 1 nitrogen and oxygen atoms in total. The Bertz CT molecular complexity index is 2180. The topological polar surface area (TPSA) is 17.1 Å². The summed E-state index contributed by atoms with van der Waals surface area (Å²) in [6.07, 6.45) is 3.77. The van der Waals surface area contributed by atoms with E-state index in [0.717, 1.165) is 24.6 Å². The zero-order valence-corrected chi connectivity index (χ0v) is 33.4. The van der Waals surface area contributed by atoms with E-state index in [1.807, 2.05) is 24.3 Å². The molecule has 0 saturated carbocycles. The minimum atomic E-state index is -1.91. The molecule has 3 heteroatoms. The number of ketones is 1. The van der Waals surface area contributed by atoms with Gasteiger partial charge in [0.15, 0.2) is 5.78 Å². The monoisotopic (exact) mass is 760 g/mol. The molecule has 0 radical (unpaired) electrons. The van der Waals surface area contributed by atoms with Crippen molar-refractivity contribution in [1.82, 2.24) is 0 Å². The fraction of sp³-hybridized carbons (Fsp3) is 0.0755. The molecule has 0 aliphatic carbocycles. The number of hydrogen-bond acceptors (Lipinski definition) is 1. The maximum atomic E-state index is 14.0. The zero-order valence-electron chi connectivity index (χ0n) is 31.6. The van der Waals surface area contributed by atoms with Crippen LogP contribution in [0.1, 0.15) is 38.2 Å². The predicted octanol–water partition coefficient (Wildman–Crippen LogP) is 11.7. The molecular formula is C53H46OP2+2. The highest BCUT2D eigenvalue weighted by molar-refractivity contribution is 7.88. The summed E-state index contributed by atoms with van der Waals surface area (Å²) in [4.78, 5) is 14.0. The molecule has 0 heterocycles. The minimum Gasteiger partial charge on any atom is -0.289 e. The Morgan fingerprint density at radius 3 is 0.732 bits per heavy atom. The molecule has 0 amide bonds. The molecule has 8 rings (SSSR count). The van der Waals surface area contributed by atoms with E-state index in [4.69, 9.17) is 0 Å². The average Bonchev–Trinajstić information content (AvgIpc) is 3.28. The number of rotatable bonds is 14. The van der Waals surface area contributed by atoms with Crippen LogP contribution < -0.4 is 21.2 Å². The standard InChI is InChI=1S/C53H46OP2/c54-53(47-35-31-45(32-36-47)41-55(49-23-11-3-12-24-49,50-25-13-4-14-26-50)39-43-19-7-1-8-20-43)48-37-33-46(34-38-48)42-56(51-27-15-5-16-28-51,52-29-17-6-18-30-52)40-44-21-9-2-10-22-44/h1-38H,39-42H2/q+2. The van der Waals surface area contributed by atoms with Crippen molar-refractivity contribution in [2.24, 2.45) is 0 Å². The van der Waals surface area contributed by atoms with Crippen LogP contribution in [0.15, 0.2) is 231 Å². The average molecular weight is 761 g/mol. The first kappa shape index (κ1) is 37.2. The van der Waals surface area contributed by atoms with Crippen LogP contribution in [0.25, 0.3) is 0 Å². The van der Waals surface area contributed by atoms with Gasteiger partial charge in [-0.05, 0) is 70.8 Å². The SMILES string of the molecule is O=C(c1ccc(C[P+](Cc2ccccc2)(c2ccccc2)c2ccccc2)cc1)c1ccc(C[P+](Cc2ccccc2)(c2ccccc2)c2ccccc2)cc1. The first-order valence-corrected chi connectivity index (χ1v) is 23.7. The third kappa shape index (κ3) is 8.27. The van der Waals surface area contributed by atoms with Crippen LogP contribution in [0.4, 0.5) is 0 Å². The largest absolute Gasteiger partial charge is 0.289 e. The zero-order chi connectivity index (χ0) is 38.0. The fourth-order valence-electron chi connectivity index (χ4n) is 8.10. The molecule has 0 atom stereocenters. The fourth-order valence-corrected chi connectivity index (χ4v) is 16.7. The van der Waals surface area contributed by atoms with E-state index in [0.29, 0.717) is 11.1 Å². The Morgan fingerprint density at radius 1 is 0.268 bits per heavy atom. The van der Waals surface area contributed by atoms with Crippen LogP contribution in [0, 0.1) is 0 Å². The molecule has 0 aromatic heterocycles. The van der Waals surface area contributed by atoms with Crippen LogP contribution in [0.5, 0.6) is 0 Å². The van der Waals surface area contributed by atoms with Crippen molar-refractivity contribution in [3.05, 3.63) is 264 Å². The summed E-state index contributed by atoms with van der Waals surface area (Å²) in [6, 6.07) is 82.8. The molecule has 0 unspecified atom stereocenters. The number of benzene rings is 8. The van der Waals surface area contributed by atoms with Gasteiger partial charge in [-0.1, -0.05) is 182 Å². The second-order valence-corrected chi connectivity index (χ2v) is 21.8. The molecular weight excluding hydrogens is 715 g/mol. The van der Waals surface area contributed by atoms with Gasteiger partial charge in [0.1, 0.15) is 0 Å². The Kier molecular flexibility index (Phi) is 11.6. The van der Waals surface area contributed by atoms with Gasteiger partial charge >= 0.3 is 0 Å². The van der Waals surface area contributed by atoms with Gasteiger partial charge in [-0.25, -0.2) is 0 Å². The van der Waals surface area contributed by atoms with Crippen LogP contribution in [0.2, 0.25) is 0 Å². The van der Waals surface area contributed by atoms with Crippen molar-refractivity contribution in [2.45, 2.75) is 24.6 Å². The molecule has 0 saturated heterocycles. The lowest BCUT2D eigenvalue weighted by molar-refractivity contribution is 0.103. The molecule has 0 N–H and O–H groups in total. The Labute approximate surface area is 333 Å². The summed E-state index contributed by atoms with van der Waals surface area (Å²) in [6.45, 7) is 0. The van der Waals surface area contributed by atoms with Gasteiger partial charge in [-0.3, -0.25) is 4.79 Å². The predicted molar refractivity (Wildman–Crippen MR) is 242 cm³/mol. The Morgan fingerprint density at radius 2 is 0.482 bits per heavy atom. The molecule has 0 fully saturated rings. The van der Waals surface area contributed by atoms with Crippen molar-refractivity contribution >= 4 is 41.5 Å². The highest BCUT2D eigenvalue weighted by Crippen LogP contribution is 2.63. The Hall–Kier alpha value is -5.71. The first-order valence-electron chi connectivity index (χ1n) is 19.4. The number of carbonyl (C=O) groups is 1. The lowest BCUT2D eigenvalue weighted by Gasteiger charge is -2.28. The van der Waals surface area contributed by atoms with Crippen LogP contribution in [0.3, 0.4) is 0 Å². The number of carbonyl (C=O) groups excluding carboxylic acids is 1. The quantitative estimate of drug-likeness (QED) is 0.0797.